The average molecular weight is 393 g/mol. The molecule has 0 aromatic carbocycles. The molecule has 8 nitrogen and oxygen atoms in total. The molecule has 1 atom stereocenters. The van der Waals surface area contributed by atoms with Crippen LogP contribution in [0.15, 0.2) is 0 Å². The van der Waals surface area contributed by atoms with Crippen molar-refractivity contribution in [3.63, 3.8) is 0 Å². The minimum Gasteiger partial charge on any atom is -0.342 e. The third-order valence-electron chi connectivity index (χ3n) is 6.26. The fraction of sp³-hybridized carbons (Fsp3) is 0.800. The van der Waals surface area contributed by atoms with Crippen LogP contribution in [0.5, 0.6) is 0 Å². The fourth-order valence-corrected chi connectivity index (χ4v) is 4.53. The summed E-state index contributed by atoms with van der Waals surface area (Å²) in [5.41, 5.74) is -0.0609. The number of imide groups is 1. The summed E-state index contributed by atoms with van der Waals surface area (Å²) in [5.74, 6) is 0.257. The molecule has 5 amide bonds. The molecule has 28 heavy (non-hydrogen) atoms. The largest absolute Gasteiger partial charge is 0.342 e. The van der Waals surface area contributed by atoms with Crippen LogP contribution in [0.4, 0.5) is 4.79 Å². The van der Waals surface area contributed by atoms with Crippen LogP contribution in [-0.2, 0) is 14.4 Å². The van der Waals surface area contributed by atoms with Gasteiger partial charge in [0.1, 0.15) is 13.1 Å². The summed E-state index contributed by atoms with van der Waals surface area (Å²) in [4.78, 5) is 55.3. The highest BCUT2D eigenvalue weighted by Gasteiger charge is 2.43. The van der Waals surface area contributed by atoms with Gasteiger partial charge in [0.25, 0.3) is 5.91 Å². The molecule has 1 unspecified atom stereocenters. The number of nitrogens with zero attached hydrogens (tertiary/aromatic N) is 4. The molecule has 0 aromatic heterocycles. The summed E-state index contributed by atoms with van der Waals surface area (Å²) < 4.78 is 0. The lowest BCUT2D eigenvalue weighted by Crippen LogP contribution is -2.56. The van der Waals surface area contributed by atoms with Crippen LogP contribution < -0.4 is 0 Å². The molecular weight excluding hydrogens is 360 g/mol. The Hall–Kier alpha value is -2.12. The Morgan fingerprint density at radius 3 is 2.50 bits per heavy atom. The fourth-order valence-electron chi connectivity index (χ4n) is 4.53. The quantitative estimate of drug-likeness (QED) is 0.658. The van der Waals surface area contributed by atoms with E-state index in [4.69, 9.17) is 0 Å². The first kappa shape index (κ1) is 20.6. The number of rotatable bonds is 5. The number of likely N-dealkylation sites (tertiary alicyclic amines) is 2. The van der Waals surface area contributed by atoms with Crippen molar-refractivity contribution in [1.29, 1.82) is 0 Å². The van der Waals surface area contributed by atoms with Gasteiger partial charge in [-0.2, -0.15) is 0 Å². The molecular formula is C20H32N4O4. The number of urea groups is 1. The molecule has 0 N–H and O–H groups in total. The summed E-state index contributed by atoms with van der Waals surface area (Å²) in [6.07, 6.45) is 4.22. The van der Waals surface area contributed by atoms with Gasteiger partial charge in [-0.15, -0.1) is 0 Å². The maximum atomic E-state index is 12.8. The minimum atomic E-state index is -0.409. The van der Waals surface area contributed by atoms with E-state index >= 15 is 0 Å². The predicted octanol–water partition coefficient (Wildman–Crippen LogP) is 1.16. The molecule has 0 bridgehead atoms. The van der Waals surface area contributed by atoms with Crippen LogP contribution in [0.3, 0.4) is 0 Å². The summed E-state index contributed by atoms with van der Waals surface area (Å²) in [6, 6.07) is -0.409. The van der Waals surface area contributed by atoms with Gasteiger partial charge in [0, 0.05) is 45.1 Å². The third-order valence-corrected chi connectivity index (χ3v) is 6.26. The lowest BCUT2D eigenvalue weighted by Gasteiger charge is -2.48. The van der Waals surface area contributed by atoms with Crippen LogP contribution >= 0.6 is 0 Å². The highest BCUT2D eigenvalue weighted by Crippen LogP contribution is 2.39. The number of carbonyl (C=O) groups is 4. The Bertz CT molecular complexity index is 665. The lowest BCUT2D eigenvalue weighted by atomic mass is 9.73. The van der Waals surface area contributed by atoms with E-state index < -0.39 is 6.03 Å². The predicted molar refractivity (Wildman–Crippen MR) is 103 cm³/mol. The smallest absolute Gasteiger partial charge is 0.327 e. The Labute approximate surface area is 166 Å². The van der Waals surface area contributed by atoms with Crippen LogP contribution in [0, 0.1) is 11.3 Å². The van der Waals surface area contributed by atoms with Gasteiger partial charge in [-0.25, -0.2) is 4.79 Å². The molecule has 0 aliphatic carbocycles. The number of piperidine rings is 2. The van der Waals surface area contributed by atoms with E-state index in [0.29, 0.717) is 32.0 Å². The van der Waals surface area contributed by atoms with Crippen molar-refractivity contribution < 1.29 is 19.2 Å². The second kappa shape index (κ2) is 8.09. The van der Waals surface area contributed by atoms with Gasteiger partial charge in [0.15, 0.2) is 0 Å². The third kappa shape index (κ3) is 4.31. The van der Waals surface area contributed by atoms with E-state index in [1.807, 2.05) is 4.90 Å². The highest BCUT2D eigenvalue weighted by atomic mass is 16.2. The Kier molecular flexibility index (Phi) is 5.95. The molecule has 156 valence electrons. The molecule has 3 rings (SSSR count). The average Bonchev–Trinajstić information content (AvgIpc) is 2.89. The molecule has 3 aliphatic rings. The van der Waals surface area contributed by atoms with E-state index in [0.717, 1.165) is 37.1 Å². The van der Waals surface area contributed by atoms with Gasteiger partial charge in [-0.05, 0) is 31.6 Å². The number of amides is 5. The Balaban J connectivity index is 1.62. The zero-order valence-electron chi connectivity index (χ0n) is 17.3. The summed E-state index contributed by atoms with van der Waals surface area (Å²) in [7, 11) is 1.56. The standard InChI is InChI=1S/C20H32N4O4/c1-15(2)6-10-23-14-20(8-5-16(23)25)7-4-9-22(13-20)17(26)12-24-18(27)11-21(3)19(24)28/h15H,4-14H2,1-3H3. The second-order valence-electron chi connectivity index (χ2n) is 9.04. The van der Waals surface area contributed by atoms with Crippen LogP contribution in [0.2, 0.25) is 0 Å². The SMILES string of the molecule is CC(C)CCN1CC2(CCCN(C(=O)CN3C(=O)CN(C)C3=O)C2)CCC1=O. The summed E-state index contributed by atoms with van der Waals surface area (Å²) in [5, 5.41) is 0. The van der Waals surface area contributed by atoms with Crippen molar-refractivity contribution in [3.8, 4) is 0 Å². The monoisotopic (exact) mass is 392 g/mol. The zero-order valence-corrected chi connectivity index (χ0v) is 17.3. The molecule has 3 aliphatic heterocycles. The van der Waals surface area contributed by atoms with Crippen LogP contribution in [0.25, 0.3) is 0 Å². The Morgan fingerprint density at radius 2 is 1.86 bits per heavy atom. The van der Waals surface area contributed by atoms with E-state index in [1.54, 1.807) is 11.9 Å². The zero-order chi connectivity index (χ0) is 20.5. The molecule has 0 saturated carbocycles. The van der Waals surface area contributed by atoms with Crippen molar-refractivity contribution in [1.82, 2.24) is 19.6 Å². The first-order chi connectivity index (χ1) is 13.2. The highest BCUT2D eigenvalue weighted by molar-refractivity contribution is 6.04. The van der Waals surface area contributed by atoms with E-state index in [2.05, 4.69) is 13.8 Å². The first-order valence-electron chi connectivity index (χ1n) is 10.3. The normalized spacial score (nSPS) is 26.2. The topological polar surface area (TPSA) is 81.2 Å². The van der Waals surface area contributed by atoms with Gasteiger partial charge >= 0.3 is 6.03 Å². The van der Waals surface area contributed by atoms with Gasteiger partial charge in [0.2, 0.25) is 11.8 Å². The number of carbonyl (C=O) groups excluding carboxylic acids is 4. The number of hydrogen-bond donors (Lipinski definition) is 0. The maximum absolute atomic E-state index is 12.8. The molecule has 3 heterocycles. The van der Waals surface area contributed by atoms with Crippen molar-refractivity contribution >= 4 is 23.8 Å². The lowest BCUT2D eigenvalue weighted by molar-refractivity contribution is -0.144. The van der Waals surface area contributed by atoms with Crippen molar-refractivity contribution in [2.75, 3.05) is 46.3 Å². The van der Waals surface area contributed by atoms with Crippen LogP contribution in [-0.4, -0.2) is 89.7 Å². The van der Waals surface area contributed by atoms with Crippen molar-refractivity contribution in [2.24, 2.45) is 11.3 Å². The van der Waals surface area contributed by atoms with Gasteiger partial charge in [0.05, 0.1) is 0 Å². The summed E-state index contributed by atoms with van der Waals surface area (Å²) >= 11 is 0. The molecule has 3 saturated heterocycles. The van der Waals surface area contributed by atoms with Gasteiger partial charge in [-0.1, -0.05) is 13.8 Å². The number of hydrogen-bond acceptors (Lipinski definition) is 4. The number of likely N-dealkylation sites (N-methyl/N-ethyl adjacent to an activating group) is 1. The second-order valence-corrected chi connectivity index (χ2v) is 9.04. The van der Waals surface area contributed by atoms with Gasteiger partial charge in [-0.3, -0.25) is 19.3 Å². The molecule has 1 spiro atoms. The molecule has 8 heteroatoms. The minimum absolute atomic E-state index is 0.0307. The summed E-state index contributed by atoms with van der Waals surface area (Å²) in [6.45, 7) is 6.88. The van der Waals surface area contributed by atoms with Crippen LogP contribution in [0.1, 0.15) is 46.0 Å². The molecule has 0 radical (unpaired) electrons. The van der Waals surface area contributed by atoms with Crippen molar-refractivity contribution in [3.05, 3.63) is 0 Å². The van der Waals surface area contributed by atoms with Gasteiger partial charge < -0.3 is 14.7 Å². The molecule has 0 aromatic rings. The van der Waals surface area contributed by atoms with E-state index in [9.17, 15) is 19.2 Å². The van der Waals surface area contributed by atoms with E-state index in [1.165, 1.54) is 4.90 Å². The Morgan fingerprint density at radius 1 is 1.11 bits per heavy atom. The molecule has 3 fully saturated rings. The van der Waals surface area contributed by atoms with E-state index in [-0.39, 0.29) is 36.2 Å². The first-order valence-corrected chi connectivity index (χ1v) is 10.3. The maximum Gasteiger partial charge on any atom is 0.327 e. The van der Waals surface area contributed by atoms with Crippen molar-refractivity contribution in [2.45, 2.75) is 46.0 Å².